The summed E-state index contributed by atoms with van der Waals surface area (Å²) in [5, 5.41) is 3.27. The molecular formula is C20H22ClFN4O3. The van der Waals surface area contributed by atoms with Gasteiger partial charge in [-0.1, -0.05) is 11.6 Å². The Kier molecular flexibility index (Phi) is 7.00. The summed E-state index contributed by atoms with van der Waals surface area (Å²) in [4.78, 5) is 32.5. The van der Waals surface area contributed by atoms with Crippen molar-refractivity contribution < 1.29 is 18.7 Å². The van der Waals surface area contributed by atoms with Crippen LogP contribution in [0, 0.1) is 5.82 Å². The topological polar surface area (TPSA) is 74.8 Å². The monoisotopic (exact) mass is 420 g/mol. The highest BCUT2D eigenvalue weighted by Crippen LogP contribution is 2.14. The van der Waals surface area contributed by atoms with Crippen molar-refractivity contribution in [3.05, 3.63) is 53.4 Å². The van der Waals surface area contributed by atoms with Crippen molar-refractivity contribution in [1.29, 1.82) is 0 Å². The van der Waals surface area contributed by atoms with Crippen LogP contribution in [-0.2, 0) is 9.59 Å². The summed E-state index contributed by atoms with van der Waals surface area (Å²) < 4.78 is 18.3. The van der Waals surface area contributed by atoms with E-state index in [2.05, 4.69) is 10.3 Å². The molecule has 29 heavy (non-hydrogen) atoms. The van der Waals surface area contributed by atoms with E-state index < -0.39 is 0 Å². The number of amides is 2. The summed E-state index contributed by atoms with van der Waals surface area (Å²) in [6.45, 7) is 3.87. The fourth-order valence-corrected chi connectivity index (χ4v) is 3.08. The Bertz CT molecular complexity index is 840. The lowest BCUT2D eigenvalue weighted by Crippen LogP contribution is -2.54. The molecule has 0 radical (unpaired) electrons. The van der Waals surface area contributed by atoms with Gasteiger partial charge in [0.2, 0.25) is 5.91 Å². The van der Waals surface area contributed by atoms with Crippen LogP contribution in [0.4, 0.5) is 10.2 Å². The van der Waals surface area contributed by atoms with Crippen LogP contribution >= 0.6 is 11.6 Å². The molecule has 0 bridgehead atoms. The molecule has 1 aromatic carbocycles. The van der Waals surface area contributed by atoms with Gasteiger partial charge in [0.15, 0.2) is 6.61 Å². The van der Waals surface area contributed by atoms with Gasteiger partial charge in [0.25, 0.3) is 5.91 Å². The smallest absolute Gasteiger partial charge is 0.260 e. The van der Waals surface area contributed by atoms with E-state index in [9.17, 15) is 14.0 Å². The van der Waals surface area contributed by atoms with E-state index in [1.165, 1.54) is 30.5 Å². The van der Waals surface area contributed by atoms with Crippen LogP contribution < -0.4 is 10.1 Å². The number of ether oxygens (including phenoxy) is 1. The van der Waals surface area contributed by atoms with Gasteiger partial charge < -0.3 is 15.0 Å². The first-order valence-electron chi connectivity index (χ1n) is 9.25. The van der Waals surface area contributed by atoms with E-state index in [1.807, 2.05) is 11.8 Å². The van der Waals surface area contributed by atoms with Gasteiger partial charge in [-0.25, -0.2) is 9.37 Å². The maximum absolute atomic E-state index is 12.9. The molecule has 2 amide bonds. The Morgan fingerprint density at radius 1 is 1.17 bits per heavy atom. The predicted octanol–water partition coefficient (Wildman–Crippen LogP) is 2.42. The summed E-state index contributed by atoms with van der Waals surface area (Å²) in [5.41, 5.74) is 0. The number of piperazine rings is 1. The third kappa shape index (κ3) is 5.88. The molecule has 0 aliphatic carbocycles. The van der Waals surface area contributed by atoms with Crippen LogP contribution in [0.25, 0.3) is 0 Å². The minimum absolute atomic E-state index is 0.107. The zero-order valence-corrected chi connectivity index (χ0v) is 16.7. The highest BCUT2D eigenvalue weighted by molar-refractivity contribution is 6.30. The van der Waals surface area contributed by atoms with Gasteiger partial charge in [-0.05, 0) is 43.3 Å². The molecule has 1 aromatic heterocycles. The van der Waals surface area contributed by atoms with Gasteiger partial charge in [0.05, 0.1) is 11.1 Å². The molecule has 1 aliphatic rings. The second-order valence-corrected chi connectivity index (χ2v) is 7.12. The molecular weight excluding hydrogens is 399 g/mol. The number of carbonyl (C=O) groups excluding carboxylic acids is 2. The molecule has 1 unspecified atom stereocenters. The van der Waals surface area contributed by atoms with Gasteiger partial charge in [0.1, 0.15) is 17.4 Å². The van der Waals surface area contributed by atoms with E-state index in [0.29, 0.717) is 42.8 Å². The molecule has 7 nitrogen and oxygen atoms in total. The maximum Gasteiger partial charge on any atom is 0.260 e. The average molecular weight is 421 g/mol. The SMILES string of the molecule is CC(C(=O)Nc1ccc(Cl)cn1)N1CCN(C(=O)COc2ccc(F)cc2)CC1. The molecule has 0 saturated carbocycles. The summed E-state index contributed by atoms with van der Waals surface area (Å²) >= 11 is 5.80. The number of hydrogen-bond acceptors (Lipinski definition) is 5. The van der Waals surface area contributed by atoms with Crippen LogP contribution in [0.1, 0.15) is 6.92 Å². The van der Waals surface area contributed by atoms with E-state index in [1.54, 1.807) is 17.0 Å². The summed E-state index contributed by atoms with van der Waals surface area (Å²) in [7, 11) is 0. The zero-order chi connectivity index (χ0) is 20.8. The second-order valence-electron chi connectivity index (χ2n) is 6.69. The van der Waals surface area contributed by atoms with Gasteiger partial charge in [-0.3, -0.25) is 14.5 Å². The first-order valence-corrected chi connectivity index (χ1v) is 9.63. The molecule has 1 N–H and O–H groups in total. The van der Waals surface area contributed by atoms with Crippen LogP contribution in [-0.4, -0.2) is 65.4 Å². The number of nitrogens with one attached hydrogen (secondary N) is 1. The Balaban J connectivity index is 1.43. The maximum atomic E-state index is 12.9. The number of benzene rings is 1. The molecule has 2 heterocycles. The molecule has 1 saturated heterocycles. The number of rotatable bonds is 6. The summed E-state index contributed by atoms with van der Waals surface area (Å²) in [6.07, 6.45) is 1.47. The van der Waals surface area contributed by atoms with Crippen molar-refractivity contribution in [1.82, 2.24) is 14.8 Å². The Morgan fingerprint density at radius 2 is 1.86 bits per heavy atom. The minimum atomic E-state index is -0.361. The molecule has 1 fully saturated rings. The van der Waals surface area contributed by atoms with E-state index in [0.717, 1.165) is 0 Å². The third-order valence-corrected chi connectivity index (χ3v) is 4.97. The van der Waals surface area contributed by atoms with E-state index in [4.69, 9.17) is 16.3 Å². The largest absolute Gasteiger partial charge is 0.484 e. The first kappa shape index (κ1) is 21.0. The van der Waals surface area contributed by atoms with E-state index >= 15 is 0 Å². The normalized spacial score (nSPS) is 15.6. The second kappa shape index (κ2) is 9.67. The zero-order valence-electron chi connectivity index (χ0n) is 16.0. The Labute approximate surface area is 173 Å². The van der Waals surface area contributed by atoms with Gasteiger partial charge in [0, 0.05) is 32.4 Å². The molecule has 154 valence electrons. The van der Waals surface area contributed by atoms with E-state index in [-0.39, 0.29) is 30.3 Å². The number of carbonyl (C=O) groups is 2. The van der Waals surface area contributed by atoms with Gasteiger partial charge in [-0.15, -0.1) is 0 Å². The standard InChI is InChI=1S/C20H22ClFN4O3/c1-14(20(28)24-18-7-2-15(21)12-23-18)25-8-10-26(11-9-25)19(27)13-29-17-5-3-16(22)4-6-17/h2-7,12,14H,8-11,13H2,1H3,(H,23,24,28). The number of pyridine rings is 1. The summed E-state index contributed by atoms with van der Waals surface area (Å²) in [5.74, 6) is 0.220. The highest BCUT2D eigenvalue weighted by atomic mass is 35.5. The molecule has 1 aliphatic heterocycles. The predicted molar refractivity (Wildman–Crippen MR) is 107 cm³/mol. The van der Waals surface area contributed by atoms with Crippen molar-refractivity contribution in [3.8, 4) is 5.75 Å². The van der Waals surface area contributed by atoms with Crippen LogP contribution in [0.15, 0.2) is 42.6 Å². The number of halogens is 2. The minimum Gasteiger partial charge on any atom is -0.484 e. The summed E-state index contributed by atoms with van der Waals surface area (Å²) in [6, 6.07) is 8.47. The lowest BCUT2D eigenvalue weighted by molar-refractivity contribution is -0.135. The number of anilines is 1. The number of hydrogen-bond donors (Lipinski definition) is 1. The van der Waals surface area contributed by atoms with Gasteiger partial charge in [-0.2, -0.15) is 0 Å². The molecule has 2 aromatic rings. The van der Waals surface area contributed by atoms with Crippen molar-refractivity contribution >= 4 is 29.2 Å². The fraction of sp³-hybridized carbons (Fsp3) is 0.350. The highest BCUT2D eigenvalue weighted by Gasteiger charge is 2.27. The number of aromatic nitrogens is 1. The first-order chi connectivity index (χ1) is 13.9. The van der Waals surface area contributed by atoms with Crippen LogP contribution in [0.5, 0.6) is 5.75 Å². The lowest BCUT2D eigenvalue weighted by atomic mass is 10.2. The molecule has 9 heteroatoms. The van der Waals surface area contributed by atoms with Crippen LogP contribution in [0.2, 0.25) is 5.02 Å². The Hall–Kier alpha value is -2.71. The number of nitrogens with zero attached hydrogens (tertiary/aromatic N) is 3. The van der Waals surface area contributed by atoms with Crippen molar-refractivity contribution in [2.75, 3.05) is 38.1 Å². The fourth-order valence-electron chi connectivity index (χ4n) is 2.97. The van der Waals surface area contributed by atoms with Crippen LogP contribution in [0.3, 0.4) is 0 Å². The average Bonchev–Trinajstić information content (AvgIpc) is 2.74. The quantitative estimate of drug-likeness (QED) is 0.776. The molecule has 1 atom stereocenters. The molecule has 3 rings (SSSR count). The lowest BCUT2D eigenvalue weighted by Gasteiger charge is -2.37. The third-order valence-electron chi connectivity index (χ3n) is 4.75. The van der Waals surface area contributed by atoms with Crippen molar-refractivity contribution in [2.24, 2.45) is 0 Å². The van der Waals surface area contributed by atoms with Crippen molar-refractivity contribution in [2.45, 2.75) is 13.0 Å². The van der Waals surface area contributed by atoms with Crippen molar-refractivity contribution in [3.63, 3.8) is 0 Å². The van der Waals surface area contributed by atoms with Gasteiger partial charge >= 0.3 is 0 Å². The molecule has 0 spiro atoms. The Morgan fingerprint density at radius 3 is 2.48 bits per heavy atom.